The van der Waals surface area contributed by atoms with Gasteiger partial charge in [0.15, 0.2) is 5.78 Å². The molecule has 1 aliphatic heterocycles. The number of para-hydroxylation sites is 2. The van der Waals surface area contributed by atoms with Crippen LogP contribution < -0.4 is 19.7 Å². The highest BCUT2D eigenvalue weighted by atomic mass is 31.2. The zero-order valence-electron chi connectivity index (χ0n) is 25.4. The van der Waals surface area contributed by atoms with Crippen molar-refractivity contribution in [3.8, 4) is 11.5 Å². The maximum Gasteiger partial charge on any atom is 0.453 e. The highest BCUT2D eigenvalue weighted by Gasteiger charge is 2.45. The van der Waals surface area contributed by atoms with Gasteiger partial charge in [-0.2, -0.15) is 0 Å². The predicted octanol–water partition coefficient (Wildman–Crippen LogP) is 6.12. The van der Waals surface area contributed by atoms with Gasteiger partial charge in [-0.25, -0.2) is 9.36 Å². The van der Waals surface area contributed by atoms with Gasteiger partial charge in [-0.1, -0.05) is 63.6 Å². The normalized spacial score (nSPS) is 16.8. The van der Waals surface area contributed by atoms with E-state index in [2.05, 4.69) is 10.6 Å². The fraction of sp³-hybridized carbons (Fsp3) is 0.516. The number of carbonyl (C=O) groups is 3. The molecule has 1 unspecified atom stereocenters. The number of hydrogen-bond donors (Lipinski definition) is 2. The van der Waals surface area contributed by atoms with E-state index in [9.17, 15) is 18.9 Å². The predicted molar refractivity (Wildman–Crippen MR) is 161 cm³/mol. The van der Waals surface area contributed by atoms with Gasteiger partial charge in [-0.15, -0.1) is 0 Å². The Morgan fingerprint density at radius 2 is 1.50 bits per heavy atom. The van der Waals surface area contributed by atoms with Crippen LogP contribution in [-0.4, -0.2) is 52.8 Å². The average molecular weight is 602 g/mol. The SMILES string of the molecule is CCC[C@H](NC(=O)OC(C)(C)C)C(=O)N1CCC[C@H]1C(=O)NC(C(C)C)P(=O)(Oc1ccccc1)Oc1ccccc1. The molecule has 1 saturated heterocycles. The molecule has 10 nitrogen and oxygen atoms in total. The Bertz CT molecular complexity index is 1190. The molecule has 0 spiro atoms. The number of alkyl carbamates (subject to hydrolysis) is 1. The Kier molecular flexibility index (Phi) is 11.5. The second-order valence-corrected chi connectivity index (χ2v) is 13.7. The zero-order chi connectivity index (χ0) is 30.9. The summed E-state index contributed by atoms with van der Waals surface area (Å²) in [6, 6.07) is 15.7. The molecule has 1 heterocycles. The number of nitrogens with one attached hydrogen (secondary N) is 2. The van der Waals surface area contributed by atoms with Gasteiger partial charge < -0.3 is 29.3 Å². The van der Waals surface area contributed by atoms with E-state index in [1.807, 2.05) is 32.9 Å². The Labute approximate surface area is 249 Å². The first-order valence-corrected chi connectivity index (χ1v) is 16.1. The topological polar surface area (TPSA) is 123 Å². The summed E-state index contributed by atoms with van der Waals surface area (Å²) in [4.78, 5) is 41.3. The lowest BCUT2D eigenvalue weighted by Gasteiger charge is -2.33. The molecule has 1 aliphatic rings. The second-order valence-electron chi connectivity index (χ2n) is 11.7. The van der Waals surface area contributed by atoms with Gasteiger partial charge in [0.05, 0.1) is 0 Å². The standard InChI is InChI=1S/C31H44N3O7P/c1-7-15-25(32-30(37)39-31(4,5)6)29(36)34-21-14-20-26(34)27(35)33-28(22(2)3)42(38,40-23-16-10-8-11-17-23)41-24-18-12-9-13-19-24/h8-13,16-19,22,25-26,28H,7,14-15,20-21H2,1-6H3,(H,32,37)(H,33,35)/t25-,26-,28?/m0/s1. The van der Waals surface area contributed by atoms with E-state index < -0.39 is 43.1 Å². The minimum Gasteiger partial charge on any atom is -0.444 e. The molecule has 1 fully saturated rings. The summed E-state index contributed by atoms with van der Waals surface area (Å²) in [6.45, 7) is 11.2. The lowest BCUT2D eigenvalue weighted by Crippen LogP contribution is -2.55. The van der Waals surface area contributed by atoms with E-state index in [1.165, 1.54) is 4.90 Å². The molecule has 3 atom stereocenters. The molecule has 0 bridgehead atoms. The van der Waals surface area contributed by atoms with Crippen molar-refractivity contribution < 1.29 is 32.7 Å². The number of amides is 3. The van der Waals surface area contributed by atoms with Crippen LogP contribution in [0.5, 0.6) is 11.5 Å². The second kappa shape index (κ2) is 14.6. The summed E-state index contributed by atoms with van der Waals surface area (Å²) >= 11 is 0. The molecule has 2 N–H and O–H groups in total. The molecule has 2 aromatic carbocycles. The number of carbonyl (C=O) groups excluding carboxylic acids is 3. The summed E-state index contributed by atoms with van der Waals surface area (Å²) < 4.78 is 31.8. The van der Waals surface area contributed by atoms with Crippen molar-refractivity contribution in [3.05, 3.63) is 60.7 Å². The molecule has 230 valence electrons. The lowest BCUT2D eigenvalue weighted by atomic mass is 10.1. The Morgan fingerprint density at radius 3 is 1.98 bits per heavy atom. The van der Waals surface area contributed by atoms with Crippen LogP contribution in [0.2, 0.25) is 0 Å². The molecular formula is C31H44N3O7P. The van der Waals surface area contributed by atoms with Crippen molar-refractivity contribution >= 4 is 25.5 Å². The fourth-order valence-electron chi connectivity index (χ4n) is 4.74. The van der Waals surface area contributed by atoms with Crippen molar-refractivity contribution in [1.29, 1.82) is 0 Å². The van der Waals surface area contributed by atoms with E-state index in [0.29, 0.717) is 43.7 Å². The van der Waals surface area contributed by atoms with E-state index in [0.717, 1.165) is 0 Å². The highest BCUT2D eigenvalue weighted by molar-refractivity contribution is 7.55. The smallest absolute Gasteiger partial charge is 0.444 e. The molecule has 3 rings (SSSR count). The van der Waals surface area contributed by atoms with Gasteiger partial charge in [-0.3, -0.25) is 9.59 Å². The summed E-state index contributed by atoms with van der Waals surface area (Å²) in [5.74, 6) is -1.50. The number of likely N-dealkylation sites (tertiary alicyclic amines) is 1. The molecule has 0 radical (unpaired) electrons. The third kappa shape index (κ3) is 9.24. The van der Waals surface area contributed by atoms with Gasteiger partial charge in [0.25, 0.3) is 0 Å². The number of ether oxygens (including phenoxy) is 1. The number of hydrogen-bond acceptors (Lipinski definition) is 7. The Morgan fingerprint density at radius 1 is 0.952 bits per heavy atom. The first kappa shape index (κ1) is 33.0. The summed E-state index contributed by atoms with van der Waals surface area (Å²) in [6.07, 6.45) is 1.38. The number of benzene rings is 2. The van der Waals surface area contributed by atoms with Crippen molar-refractivity contribution in [2.24, 2.45) is 5.92 Å². The minimum absolute atomic E-state index is 0.338. The number of nitrogens with zero attached hydrogens (tertiary/aromatic N) is 1. The molecule has 0 saturated carbocycles. The van der Waals surface area contributed by atoms with Gasteiger partial charge in [-0.05, 0) is 70.2 Å². The summed E-state index contributed by atoms with van der Waals surface area (Å²) in [7, 11) is -4.04. The third-order valence-electron chi connectivity index (χ3n) is 6.62. The van der Waals surface area contributed by atoms with Crippen LogP contribution in [0, 0.1) is 5.92 Å². The van der Waals surface area contributed by atoms with Crippen LogP contribution in [0.1, 0.15) is 67.2 Å². The van der Waals surface area contributed by atoms with Crippen LogP contribution in [0.3, 0.4) is 0 Å². The fourth-order valence-corrected chi connectivity index (χ4v) is 6.85. The molecule has 42 heavy (non-hydrogen) atoms. The summed E-state index contributed by atoms with van der Waals surface area (Å²) in [5.41, 5.74) is -0.719. The van der Waals surface area contributed by atoms with Crippen molar-refractivity contribution in [3.63, 3.8) is 0 Å². The average Bonchev–Trinajstić information content (AvgIpc) is 3.41. The molecular weight excluding hydrogens is 557 g/mol. The maximum atomic E-state index is 14.5. The third-order valence-corrected chi connectivity index (χ3v) is 8.96. The van der Waals surface area contributed by atoms with Gasteiger partial charge >= 0.3 is 13.7 Å². The molecule has 0 aliphatic carbocycles. The van der Waals surface area contributed by atoms with Crippen LogP contribution >= 0.6 is 7.60 Å². The van der Waals surface area contributed by atoms with Crippen LogP contribution in [0.15, 0.2) is 60.7 Å². The first-order valence-electron chi connectivity index (χ1n) is 14.5. The van der Waals surface area contributed by atoms with Gasteiger partial charge in [0, 0.05) is 6.54 Å². The van der Waals surface area contributed by atoms with Crippen molar-refractivity contribution in [1.82, 2.24) is 15.5 Å². The van der Waals surface area contributed by atoms with E-state index in [4.69, 9.17) is 13.8 Å². The number of rotatable bonds is 12. The van der Waals surface area contributed by atoms with E-state index in [-0.39, 0.29) is 11.8 Å². The van der Waals surface area contributed by atoms with E-state index >= 15 is 0 Å². The van der Waals surface area contributed by atoms with Crippen LogP contribution in [-0.2, 0) is 18.9 Å². The lowest BCUT2D eigenvalue weighted by molar-refractivity contribution is -0.140. The highest BCUT2D eigenvalue weighted by Crippen LogP contribution is 2.54. The monoisotopic (exact) mass is 601 g/mol. The van der Waals surface area contributed by atoms with Crippen LogP contribution in [0.25, 0.3) is 0 Å². The van der Waals surface area contributed by atoms with E-state index in [1.54, 1.807) is 69.3 Å². The minimum atomic E-state index is -4.04. The van der Waals surface area contributed by atoms with Crippen LogP contribution in [0.4, 0.5) is 4.79 Å². The van der Waals surface area contributed by atoms with Gasteiger partial charge in [0.2, 0.25) is 11.8 Å². The molecule has 3 amide bonds. The Balaban J connectivity index is 1.83. The van der Waals surface area contributed by atoms with Crippen molar-refractivity contribution in [2.75, 3.05) is 6.54 Å². The van der Waals surface area contributed by atoms with Gasteiger partial charge in [0.1, 0.15) is 29.2 Å². The largest absolute Gasteiger partial charge is 0.453 e. The molecule has 11 heteroatoms. The Hall–Kier alpha value is -3.52. The maximum absolute atomic E-state index is 14.5. The summed E-state index contributed by atoms with van der Waals surface area (Å²) in [5, 5.41) is 5.59. The molecule has 2 aromatic rings. The molecule has 0 aromatic heterocycles. The zero-order valence-corrected chi connectivity index (χ0v) is 26.3. The first-order chi connectivity index (χ1) is 19.8. The quantitative estimate of drug-likeness (QED) is 0.281. The van der Waals surface area contributed by atoms with Crippen molar-refractivity contribution in [2.45, 2.75) is 90.7 Å².